The molecule has 7 heteroatoms. The number of carbonyl (C=O) groups is 1. The van der Waals surface area contributed by atoms with Gasteiger partial charge in [-0.25, -0.2) is 13.6 Å². The molecule has 1 atom stereocenters. The highest BCUT2D eigenvalue weighted by Crippen LogP contribution is 2.29. The Balaban J connectivity index is 1.77. The second-order valence-corrected chi connectivity index (χ2v) is 6.96. The van der Waals surface area contributed by atoms with Gasteiger partial charge in [0.25, 0.3) is 5.91 Å². The van der Waals surface area contributed by atoms with Crippen LogP contribution in [0.3, 0.4) is 0 Å². The van der Waals surface area contributed by atoms with E-state index in [2.05, 4.69) is 5.32 Å². The van der Waals surface area contributed by atoms with Gasteiger partial charge in [-0.05, 0) is 36.2 Å². The van der Waals surface area contributed by atoms with Gasteiger partial charge in [-0.15, -0.1) is 0 Å². The van der Waals surface area contributed by atoms with E-state index in [4.69, 9.17) is 9.88 Å². The molecule has 1 aliphatic heterocycles. The predicted octanol–water partition coefficient (Wildman–Crippen LogP) is 1.58. The maximum Gasteiger partial charge on any atom is 0.265 e. The monoisotopic (exact) mass is 332 g/mol. The van der Waals surface area contributed by atoms with Crippen LogP contribution < -0.4 is 15.2 Å². The predicted molar refractivity (Wildman–Crippen MR) is 85.7 cm³/mol. The number of benzene rings is 2. The van der Waals surface area contributed by atoms with Crippen LogP contribution in [0.5, 0.6) is 5.75 Å². The van der Waals surface area contributed by atoms with Crippen molar-refractivity contribution in [2.75, 3.05) is 5.32 Å². The molecule has 0 bridgehead atoms. The second kappa shape index (κ2) is 5.68. The van der Waals surface area contributed by atoms with E-state index in [1.54, 1.807) is 19.1 Å². The summed E-state index contributed by atoms with van der Waals surface area (Å²) in [5.74, 6) is 0.368. The van der Waals surface area contributed by atoms with Gasteiger partial charge in [0.15, 0.2) is 6.10 Å². The molecular formula is C16H16N2O4S. The quantitative estimate of drug-likeness (QED) is 0.891. The zero-order valence-corrected chi connectivity index (χ0v) is 13.3. The topological polar surface area (TPSA) is 98.5 Å². The first-order chi connectivity index (χ1) is 10.8. The summed E-state index contributed by atoms with van der Waals surface area (Å²) in [5, 5.41) is 7.85. The molecule has 0 spiro atoms. The first-order valence-electron chi connectivity index (χ1n) is 7.03. The van der Waals surface area contributed by atoms with E-state index in [1.165, 1.54) is 6.07 Å². The van der Waals surface area contributed by atoms with Crippen LogP contribution in [0.2, 0.25) is 0 Å². The molecule has 0 saturated heterocycles. The summed E-state index contributed by atoms with van der Waals surface area (Å²) in [6.07, 6.45) is -0.151. The molecule has 2 aromatic carbocycles. The van der Waals surface area contributed by atoms with E-state index in [0.29, 0.717) is 23.4 Å². The van der Waals surface area contributed by atoms with Crippen LogP contribution in [0.15, 0.2) is 47.4 Å². The largest absolute Gasteiger partial charge is 0.480 e. The number of ether oxygens (including phenoxy) is 1. The first kappa shape index (κ1) is 15.5. The SMILES string of the molecule is Cc1ccc(NC(=O)[C@H]2Cc3ccccc3O2)cc1S(N)(=O)=O. The number of nitrogens with two attached hydrogens (primary N) is 1. The third-order valence-electron chi connectivity index (χ3n) is 3.70. The number of hydrogen-bond donors (Lipinski definition) is 2. The maximum atomic E-state index is 12.3. The Morgan fingerprint density at radius 2 is 2.00 bits per heavy atom. The molecule has 1 heterocycles. The van der Waals surface area contributed by atoms with Crippen LogP contribution >= 0.6 is 0 Å². The van der Waals surface area contributed by atoms with Crippen molar-refractivity contribution in [3.8, 4) is 5.75 Å². The van der Waals surface area contributed by atoms with Crippen LogP contribution in [-0.2, 0) is 21.2 Å². The highest BCUT2D eigenvalue weighted by molar-refractivity contribution is 7.89. The number of anilines is 1. The molecule has 6 nitrogen and oxygen atoms in total. The van der Waals surface area contributed by atoms with Crippen LogP contribution in [0.25, 0.3) is 0 Å². The molecule has 2 aromatic rings. The van der Waals surface area contributed by atoms with E-state index in [1.807, 2.05) is 24.3 Å². The summed E-state index contributed by atoms with van der Waals surface area (Å²) < 4.78 is 28.7. The second-order valence-electron chi connectivity index (χ2n) is 5.43. The standard InChI is InChI=1S/C16H16N2O4S/c1-10-6-7-12(9-15(10)23(17,20)21)18-16(19)14-8-11-4-2-3-5-13(11)22-14/h2-7,9,14H,8H2,1H3,(H,18,19)(H2,17,20,21)/t14-/m1/s1. The molecule has 0 radical (unpaired) electrons. The zero-order chi connectivity index (χ0) is 16.6. The fourth-order valence-corrected chi connectivity index (χ4v) is 3.34. The van der Waals surface area contributed by atoms with Crippen LogP contribution in [0.4, 0.5) is 5.69 Å². The number of fused-ring (bicyclic) bond motifs is 1. The molecule has 1 amide bonds. The van der Waals surface area contributed by atoms with Crippen molar-refractivity contribution in [1.82, 2.24) is 0 Å². The fraction of sp³-hybridized carbons (Fsp3) is 0.188. The number of hydrogen-bond acceptors (Lipinski definition) is 4. The van der Waals surface area contributed by atoms with Crippen molar-refractivity contribution in [3.05, 3.63) is 53.6 Å². The van der Waals surface area contributed by atoms with Crippen molar-refractivity contribution in [3.63, 3.8) is 0 Å². The Labute approximate surface area is 134 Å². The minimum atomic E-state index is -3.84. The highest BCUT2D eigenvalue weighted by Gasteiger charge is 2.29. The van der Waals surface area contributed by atoms with Gasteiger partial charge in [-0.2, -0.15) is 0 Å². The number of rotatable bonds is 3. The number of sulfonamides is 1. The molecule has 0 aromatic heterocycles. The molecule has 3 rings (SSSR count). The summed E-state index contributed by atoms with van der Waals surface area (Å²) in [6, 6.07) is 12.0. The Morgan fingerprint density at radius 1 is 1.26 bits per heavy atom. The third-order valence-corrected chi connectivity index (χ3v) is 4.75. The van der Waals surface area contributed by atoms with Crippen molar-refractivity contribution in [2.24, 2.45) is 5.14 Å². The van der Waals surface area contributed by atoms with E-state index < -0.39 is 16.1 Å². The number of aryl methyl sites for hydroxylation is 1. The Kier molecular flexibility index (Phi) is 3.83. The van der Waals surface area contributed by atoms with E-state index >= 15 is 0 Å². The summed E-state index contributed by atoms with van der Waals surface area (Å²) in [5.41, 5.74) is 1.86. The molecule has 0 saturated carbocycles. The molecule has 0 aliphatic carbocycles. The number of nitrogens with one attached hydrogen (secondary N) is 1. The zero-order valence-electron chi connectivity index (χ0n) is 12.4. The molecule has 23 heavy (non-hydrogen) atoms. The molecule has 1 aliphatic rings. The van der Waals surface area contributed by atoms with Gasteiger partial charge >= 0.3 is 0 Å². The summed E-state index contributed by atoms with van der Waals surface area (Å²) in [6.45, 7) is 1.64. The van der Waals surface area contributed by atoms with Crippen molar-refractivity contribution >= 4 is 21.6 Å². The van der Waals surface area contributed by atoms with Crippen LogP contribution in [-0.4, -0.2) is 20.4 Å². The average Bonchev–Trinajstić information content (AvgIpc) is 2.92. The normalized spacial score (nSPS) is 16.5. The molecule has 0 fully saturated rings. The smallest absolute Gasteiger partial charge is 0.265 e. The summed E-state index contributed by atoms with van der Waals surface area (Å²) in [7, 11) is -3.84. The van der Waals surface area contributed by atoms with Gasteiger partial charge in [0.05, 0.1) is 4.90 Å². The van der Waals surface area contributed by atoms with Gasteiger partial charge in [0.2, 0.25) is 10.0 Å². The summed E-state index contributed by atoms with van der Waals surface area (Å²) in [4.78, 5) is 12.3. The average molecular weight is 332 g/mol. The fourth-order valence-electron chi connectivity index (χ4n) is 2.54. The van der Waals surface area contributed by atoms with Crippen molar-refractivity contribution < 1.29 is 17.9 Å². The lowest BCUT2D eigenvalue weighted by atomic mass is 10.1. The van der Waals surface area contributed by atoms with E-state index in [9.17, 15) is 13.2 Å². The van der Waals surface area contributed by atoms with Crippen molar-refractivity contribution in [2.45, 2.75) is 24.3 Å². The van der Waals surface area contributed by atoms with E-state index in [0.717, 1.165) is 5.56 Å². The van der Waals surface area contributed by atoms with Crippen LogP contribution in [0.1, 0.15) is 11.1 Å². The number of amides is 1. The third kappa shape index (κ3) is 3.20. The van der Waals surface area contributed by atoms with Crippen LogP contribution in [0, 0.1) is 6.92 Å². The maximum absolute atomic E-state index is 12.3. The molecule has 3 N–H and O–H groups in total. The Bertz CT molecular complexity index is 852. The lowest BCUT2D eigenvalue weighted by Gasteiger charge is -2.13. The minimum Gasteiger partial charge on any atom is -0.480 e. The molecule has 120 valence electrons. The number of primary sulfonamides is 1. The van der Waals surface area contributed by atoms with Gasteiger partial charge in [-0.3, -0.25) is 4.79 Å². The van der Waals surface area contributed by atoms with Gasteiger partial charge in [0.1, 0.15) is 5.75 Å². The Morgan fingerprint density at radius 3 is 2.70 bits per heavy atom. The summed E-state index contributed by atoms with van der Waals surface area (Å²) >= 11 is 0. The Hall–Kier alpha value is -2.38. The highest BCUT2D eigenvalue weighted by atomic mass is 32.2. The lowest BCUT2D eigenvalue weighted by molar-refractivity contribution is -0.122. The first-order valence-corrected chi connectivity index (χ1v) is 8.58. The van der Waals surface area contributed by atoms with E-state index in [-0.39, 0.29) is 10.8 Å². The molecular weight excluding hydrogens is 316 g/mol. The number of carbonyl (C=O) groups excluding carboxylic acids is 1. The number of para-hydroxylation sites is 1. The molecule has 0 unspecified atom stereocenters. The van der Waals surface area contributed by atoms with Gasteiger partial charge in [0, 0.05) is 12.1 Å². The van der Waals surface area contributed by atoms with Crippen molar-refractivity contribution in [1.29, 1.82) is 0 Å². The minimum absolute atomic E-state index is 0.00840. The van der Waals surface area contributed by atoms with Gasteiger partial charge in [-0.1, -0.05) is 24.3 Å². The lowest BCUT2D eigenvalue weighted by Crippen LogP contribution is -2.31. The van der Waals surface area contributed by atoms with Gasteiger partial charge < -0.3 is 10.1 Å².